The average molecular weight is 585 g/mol. The van der Waals surface area contributed by atoms with Crippen molar-refractivity contribution in [3.63, 3.8) is 0 Å². The van der Waals surface area contributed by atoms with Gasteiger partial charge in [0.2, 0.25) is 0 Å². The molecule has 2 N–H and O–H groups in total. The number of phenols is 1. The molecule has 4 rings (SSSR count). The molecular weight excluding hydrogens is 550 g/mol. The number of ketones is 1. The number of allylic oxidation sites excluding steroid dienone is 3. The monoisotopic (exact) mass is 583 g/mol. The molecule has 202 valence electrons. The highest BCUT2D eigenvalue weighted by Crippen LogP contribution is 2.48. The van der Waals surface area contributed by atoms with Gasteiger partial charge in [0.25, 0.3) is 0 Å². The van der Waals surface area contributed by atoms with Crippen LogP contribution in [0.1, 0.15) is 69.9 Å². The molecule has 8 heteroatoms. The fourth-order valence-corrected chi connectivity index (χ4v) is 5.57. The molecular formula is C30H34BrNO6. The van der Waals surface area contributed by atoms with E-state index < -0.39 is 11.9 Å². The van der Waals surface area contributed by atoms with Gasteiger partial charge >= 0.3 is 5.97 Å². The van der Waals surface area contributed by atoms with Gasteiger partial charge < -0.3 is 24.6 Å². The van der Waals surface area contributed by atoms with E-state index >= 15 is 0 Å². The maximum absolute atomic E-state index is 13.8. The third kappa shape index (κ3) is 5.46. The van der Waals surface area contributed by atoms with E-state index in [4.69, 9.17) is 14.2 Å². The van der Waals surface area contributed by atoms with Gasteiger partial charge in [-0.2, -0.15) is 0 Å². The average Bonchev–Trinajstić information content (AvgIpc) is 2.90. The van der Waals surface area contributed by atoms with Crippen LogP contribution in [0.5, 0.6) is 17.2 Å². The SMILES string of the molecule is CCOc1cc([C@H]2C(C(=O)O[C@H](C)CC)=C(C)NC3=C2C(=O)C[C@H](c2ccc(OC)cc2)C3)cc(Br)c1O. The summed E-state index contributed by atoms with van der Waals surface area (Å²) in [4.78, 5) is 27.3. The second-order valence-electron chi connectivity index (χ2n) is 9.70. The summed E-state index contributed by atoms with van der Waals surface area (Å²) in [5, 5.41) is 13.9. The fourth-order valence-electron chi connectivity index (χ4n) is 5.11. The van der Waals surface area contributed by atoms with Crippen molar-refractivity contribution >= 4 is 27.7 Å². The number of dihydropyridines is 1. The number of rotatable bonds is 8. The van der Waals surface area contributed by atoms with E-state index in [2.05, 4.69) is 21.2 Å². The standard InChI is InChI=1S/C30H34BrNO6/c1-6-16(3)38-30(35)26-17(4)32-23-13-19(18-8-10-21(36-5)11-9-18)14-24(33)28(23)27(26)20-12-22(31)29(34)25(15-20)37-7-2/h8-12,15-16,19,27,32,34H,6-7,13-14H2,1-5H3/t16-,19-,27+/m1/s1. The Balaban J connectivity index is 1.82. The summed E-state index contributed by atoms with van der Waals surface area (Å²) in [5.74, 6) is -0.156. The van der Waals surface area contributed by atoms with Crippen LogP contribution in [-0.4, -0.2) is 36.7 Å². The number of aromatic hydroxyl groups is 1. The van der Waals surface area contributed by atoms with E-state index in [-0.39, 0.29) is 29.3 Å². The van der Waals surface area contributed by atoms with Gasteiger partial charge in [0, 0.05) is 29.3 Å². The summed E-state index contributed by atoms with van der Waals surface area (Å²) in [5.41, 5.74) is 4.11. The zero-order valence-electron chi connectivity index (χ0n) is 22.4. The molecule has 7 nitrogen and oxygen atoms in total. The predicted octanol–water partition coefficient (Wildman–Crippen LogP) is 6.27. The fraction of sp³-hybridized carbons (Fsp3) is 0.400. The van der Waals surface area contributed by atoms with Gasteiger partial charge in [-0.25, -0.2) is 4.79 Å². The first-order valence-electron chi connectivity index (χ1n) is 12.9. The predicted molar refractivity (Wildman–Crippen MR) is 148 cm³/mol. The quantitative estimate of drug-likeness (QED) is 0.354. The zero-order valence-corrected chi connectivity index (χ0v) is 24.0. The molecule has 0 saturated heterocycles. The topological polar surface area (TPSA) is 94.1 Å². The van der Waals surface area contributed by atoms with E-state index in [1.807, 2.05) is 52.0 Å². The maximum Gasteiger partial charge on any atom is 0.337 e. The summed E-state index contributed by atoms with van der Waals surface area (Å²) in [6.07, 6.45) is 1.33. The van der Waals surface area contributed by atoms with Crippen molar-refractivity contribution in [2.24, 2.45) is 0 Å². The summed E-state index contributed by atoms with van der Waals surface area (Å²) in [7, 11) is 1.62. The van der Waals surface area contributed by atoms with Crippen LogP contribution in [0.4, 0.5) is 0 Å². The second-order valence-corrected chi connectivity index (χ2v) is 10.6. The van der Waals surface area contributed by atoms with Crippen molar-refractivity contribution in [3.8, 4) is 17.2 Å². The van der Waals surface area contributed by atoms with Crippen molar-refractivity contribution in [2.45, 2.75) is 64.9 Å². The van der Waals surface area contributed by atoms with Gasteiger partial charge in [0.1, 0.15) is 5.75 Å². The number of phenolic OH excluding ortho intramolecular Hbond substituents is 1. The second kappa shape index (κ2) is 11.6. The molecule has 1 heterocycles. The van der Waals surface area contributed by atoms with Crippen molar-refractivity contribution in [1.29, 1.82) is 0 Å². The van der Waals surface area contributed by atoms with Gasteiger partial charge in [-0.15, -0.1) is 0 Å². The molecule has 2 aromatic rings. The van der Waals surface area contributed by atoms with Crippen molar-refractivity contribution < 1.29 is 28.9 Å². The highest BCUT2D eigenvalue weighted by Gasteiger charge is 2.42. The Morgan fingerprint density at radius 3 is 2.50 bits per heavy atom. The van der Waals surface area contributed by atoms with Crippen LogP contribution in [0.25, 0.3) is 0 Å². The lowest BCUT2D eigenvalue weighted by molar-refractivity contribution is -0.144. The Morgan fingerprint density at radius 2 is 1.87 bits per heavy atom. The minimum atomic E-state index is -0.664. The van der Waals surface area contributed by atoms with Gasteiger partial charge in [0.05, 0.1) is 29.9 Å². The van der Waals surface area contributed by atoms with Crippen LogP contribution in [0.2, 0.25) is 0 Å². The van der Waals surface area contributed by atoms with Gasteiger partial charge in [-0.05, 0) is 90.9 Å². The van der Waals surface area contributed by atoms with E-state index in [0.717, 1.165) is 17.0 Å². The number of hydrogen-bond donors (Lipinski definition) is 2. The van der Waals surface area contributed by atoms with Crippen molar-refractivity contribution in [2.75, 3.05) is 13.7 Å². The Hall–Kier alpha value is -3.26. The number of carbonyl (C=O) groups excluding carboxylic acids is 2. The number of methoxy groups -OCH3 is 1. The molecule has 0 fully saturated rings. The number of benzene rings is 2. The largest absolute Gasteiger partial charge is 0.503 e. The highest BCUT2D eigenvalue weighted by atomic mass is 79.9. The number of esters is 1. The summed E-state index contributed by atoms with van der Waals surface area (Å²) in [6, 6.07) is 11.2. The molecule has 3 atom stereocenters. The number of Topliss-reactive ketones (excluding diaryl/α,β-unsaturated/α-hetero) is 1. The van der Waals surface area contributed by atoms with Gasteiger partial charge in [-0.1, -0.05) is 19.1 Å². The minimum absolute atomic E-state index is 0.00717. The van der Waals surface area contributed by atoms with E-state index in [1.54, 1.807) is 19.2 Å². The lowest BCUT2D eigenvalue weighted by atomic mass is 9.71. The van der Waals surface area contributed by atoms with Crippen LogP contribution < -0.4 is 14.8 Å². The molecule has 0 bridgehead atoms. The molecule has 0 amide bonds. The Labute approximate surface area is 232 Å². The van der Waals surface area contributed by atoms with E-state index in [0.29, 0.717) is 52.7 Å². The van der Waals surface area contributed by atoms with E-state index in [1.165, 1.54) is 0 Å². The third-order valence-corrected chi connectivity index (χ3v) is 7.81. The van der Waals surface area contributed by atoms with Crippen LogP contribution in [0.3, 0.4) is 0 Å². The lowest BCUT2D eigenvalue weighted by Gasteiger charge is -2.37. The number of carbonyl (C=O) groups is 2. The molecule has 38 heavy (non-hydrogen) atoms. The molecule has 0 spiro atoms. The maximum atomic E-state index is 13.8. The van der Waals surface area contributed by atoms with Crippen molar-refractivity contribution in [1.82, 2.24) is 5.32 Å². The Bertz CT molecular complexity index is 1300. The first-order chi connectivity index (χ1) is 18.2. The molecule has 0 saturated carbocycles. The minimum Gasteiger partial charge on any atom is -0.503 e. The number of nitrogens with one attached hydrogen (secondary N) is 1. The molecule has 2 aromatic carbocycles. The molecule has 2 aliphatic rings. The Kier molecular flexibility index (Phi) is 8.51. The number of halogens is 1. The first kappa shape index (κ1) is 27.8. The summed E-state index contributed by atoms with van der Waals surface area (Å²) >= 11 is 3.42. The van der Waals surface area contributed by atoms with Gasteiger partial charge in [-0.3, -0.25) is 4.79 Å². The van der Waals surface area contributed by atoms with Crippen LogP contribution in [0, 0.1) is 0 Å². The van der Waals surface area contributed by atoms with Crippen molar-refractivity contribution in [3.05, 3.63) is 74.5 Å². The highest BCUT2D eigenvalue weighted by molar-refractivity contribution is 9.10. The van der Waals surface area contributed by atoms with Crippen LogP contribution >= 0.6 is 15.9 Å². The molecule has 0 unspecified atom stereocenters. The van der Waals surface area contributed by atoms with Gasteiger partial charge in [0.15, 0.2) is 17.3 Å². The lowest BCUT2D eigenvalue weighted by Crippen LogP contribution is -2.36. The van der Waals surface area contributed by atoms with Crippen LogP contribution in [0.15, 0.2) is 63.4 Å². The summed E-state index contributed by atoms with van der Waals surface area (Å²) < 4.78 is 17.1. The van der Waals surface area contributed by atoms with Crippen LogP contribution in [-0.2, 0) is 14.3 Å². The molecule has 1 aliphatic heterocycles. The third-order valence-electron chi connectivity index (χ3n) is 7.20. The molecule has 0 radical (unpaired) electrons. The van der Waals surface area contributed by atoms with E-state index in [9.17, 15) is 14.7 Å². The molecule has 1 aliphatic carbocycles. The molecule has 0 aromatic heterocycles. The zero-order chi connectivity index (χ0) is 27.6. The normalized spacial score (nSPS) is 20.0. The Morgan fingerprint density at radius 1 is 1.16 bits per heavy atom. The smallest absolute Gasteiger partial charge is 0.337 e. The first-order valence-corrected chi connectivity index (χ1v) is 13.7. The number of ether oxygens (including phenoxy) is 3. The number of hydrogen-bond acceptors (Lipinski definition) is 7. The summed E-state index contributed by atoms with van der Waals surface area (Å²) in [6.45, 7) is 7.81.